The number of rotatable bonds is 16. The molecular weight excluding hydrogens is 496 g/mol. The van der Waals surface area contributed by atoms with Gasteiger partial charge in [-0.15, -0.1) is 6.42 Å². The molecular formula is C30H46N4O5. The normalized spacial score (nSPS) is 12.5. The highest BCUT2D eigenvalue weighted by atomic mass is 16.6. The van der Waals surface area contributed by atoms with Crippen molar-refractivity contribution in [2.75, 3.05) is 13.1 Å². The Morgan fingerprint density at radius 1 is 1.03 bits per heavy atom. The Balaban J connectivity index is 3.47. The molecule has 0 saturated heterocycles. The molecule has 9 heteroatoms. The maximum Gasteiger partial charge on any atom is 0.408 e. The van der Waals surface area contributed by atoms with Crippen molar-refractivity contribution < 1.29 is 23.9 Å². The Hall–Kier alpha value is -3.54. The highest BCUT2D eigenvalue weighted by Gasteiger charge is 2.36. The summed E-state index contributed by atoms with van der Waals surface area (Å²) < 4.78 is 5.36. The second-order valence-corrected chi connectivity index (χ2v) is 10.6. The highest BCUT2D eigenvalue weighted by Crippen LogP contribution is 2.25. The summed E-state index contributed by atoms with van der Waals surface area (Å²) in [6.07, 6.45) is 9.77. The van der Waals surface area contributed by atoms with Gasteiger partial charge in [-0.3, -0.25) is 14.4 Å². The Bertz CT molecular complexity index is 979. The van der Waals surface area contributed by atoms with Crippen LogP contribution < -0.4 is 16.4 Å². The fraction of sp³-hybridized carbons (Fsp3) is 0.600. The molecule has 0 spiro atoms. The van der Waals surface area contributed by atoms with Gasteiger partial charge in [-0.1, -0.05) is 57.6 Å². The zero-order valence-corrected chi connectivity index (χ0v) is 24.2. The van der Waals surface area contributed by atoms with Crippen LogP contribution in [0.3, 0.4) is 0 Å². The van der Waals surface area contributed by atoms with E-state index in [1.807, 2.05) is 6.92 Å². The molecule has 4 N–H and O–H groups in total. The first-order valence-electron chi connectivity index (χ1n) is 13.9. The first-order valence-corrected chi connectivity index (χ1v) is 13.9. The Kier molecular flexibility index (Phi) is 14.7. The van der Waals surface area contributed by atoms with E-state index in [1.54, 1.807) is 45.0 Å². The van der Waals surface area contributed by atoms with Crippen LogP contribution in [0.2, 0.25) is 0 Å². The van der Waals surface area contributed by atoms with Crippen molar-refractivity contribution in [3.8, 4) is 12.3 Å². The second-order valence-electron chi connectivity index (χ2n) is 10.6. The largest absolute Gasteiger partial charge is 0.444 e. The zero-order chi connectivity index (χ0) is 29.4. The summed E-state index contributed by atoms with van der Waals surface area (Å²) in [4.78, 5) is 53.4. The molecule has 1 aromatic rings. The minimum absolute atomic E-state index is 0.0292. The number of ether oxygens (including phenoxy) is 1. The lowest BCUT2D eigenvalue weighted by Gasteiger charge is -2.34. The van der Waals surface area contributed by atoms with E-state index in [-0.39, 0.29) is 25.3 Å². The van der Waals surface area contributed by atoms with Crippen molar-refractivity contribution in [2.45, 2.75) is 104 Å². The number of nitrogens with one attached hydrogen (secondary N) is 2. The molecule has 0 radical (unpaired) electrons. The van der Waals surface area contributed by atoms with Crippen LogP contribution in [-0.2, 0) is 19.1 Å². The smallest absolute Gasteiger partial charge is 0.408 e. The van der Waals surface area contributed by atoms with Crippen LogP contribution in [0.25, 0.3) is 0 Å². The molecule has 0 fully saturated rings. The molecule has 0 bridgehead atoms. The molecule has 0 aliphatic carbocycles. The van der Waals surface area contributed by atoms with Crippen LogP contribution in [0.1, 0.15) is 103 Å². The number of carbonyl (C=O) groups is 4. The molecule has 4 amide bonds. The van der Waals surface area contributed by atoms with E-state index in [9.17, 15) is 19.2 Å². The van der Waals surface area contributed by atoms with Gasteiger partial charge >= 0.3 is 6.09 Å². The van der Waals surface area contributed by atoms with E-state index < -0.39 is 35.6 Å². The SMILES string of the molecule is C#Cc1ccc(C(C(=O)NCCCCC)N(CCCCC)C(=O)C(CCC(N)=O)NC(=O)OC(C)(C)C)cc1. The van der Waals surface area contributed by atoms with Crippen LogP contribution in [0.15, 0.2) is 24.3 Å². The quantitative estimate of drug-likeness (QED) is 0.213. The Morgan fingerprint density at radius 2 is 1.64 bits per heavy atom. The summed E-state index contributed by atoms with van der Waals surface area (Å²) in [6, 6.07) is 4.86. The van der Waals surface area contributed by atoms with Gasteiger partial charge in [0.1, 0.15) is 17.7 Å². The number of nitrogens with two attached hydrogens (primary N) is 1. The van der Waals surface area contributed by atoms with E-state index in [0.29, 0.717) is 24.1 Å². The van der Waals surface area contributed by atoms with Gasteiger partial charge in [0.25, 0.3) is 0 Å². The summed E-state index contributed by atoms with van der Waals surface area (Å²) in [7, 11) is 0. The van der Waals surface area contributed by atoms with Crippen molar-refractivity contribution >= 4 is 23.8 Å². The van der Waals surface area contributed by atoms with Crippen LogP contribution in [0.5, 0.6) is 0 Å². The predicted molar refractivity (Wildman–Crippen MR) is 152 cm³/mol. The monoisotopic (exact) mass is 542 g/mol. The lowest BCUT2D eigenvalue weighted by Crippen LogP contribution is -2.53. The van der Waals surface area contributed by atoms with Gasteiger partial charge in [0.2, 0.25) is 17.7 Å². The van der Waals surface area contributed by atoms with E-state index >= 15 is 0 Å². The number of alkyl carbamates (subject to hydrolysis) is 1. The fourth-order valence-corrected chi connectivity index (χ4v) is 4.01. The molecule has 0 aliphatic rings. The molecule has 39 heavy (non-hydrogen) atoms. The predicted octanol–water partition coefficient (Wildman–Crippen LogP) is 4.19. The molecule has 1 aromatic carbocycles. The fourth-order valence-electron chi connectivity index (χ4n) is 4.01. The maximum absolute atomic E-state index is 14.1. The second kappa shape index (κ2) is 17.1. The number of primary amides is 1. The number of terminal acetylenes is 1. The van der Waals surface area contributed by atoms with Crippen molar-refractivity contribution in [2.24, 2.45) is 5.73 Å². The summed E-state index contributed by atoms with van der Waals surface area (Å²) in [5.41, 5.74) is 5.82. The minimum Gasteiger partial charge on any atom is -0.444 e. The zero-order valence-electron chi connectivity index (χ0n) is 24.2. The molecule has 0 heterocycles. The molecule has 0 saturated carbocycles. The topological polar surface area (TPSA) is 131 Å². The van der Waals surface area contributed by atoms with Crippen LogP contribution in [0, 0.1) is 12.3 Å². The Morgan fingerprint density at radius 3 is 2.18 bits per heavy atom. The van der Waals surface area contributed by atoms with Crippen LogP contribution in [-0.4, -0.2) is 53.4 Å². The number of unbranched alkanes of at least 4 members (excludes halogenated alkanes) is 4. The summed E-state index contributed by atoms with van der Waals surface area (Å²) in [6.45, 7) is 10.0. The minimum atomic E-state index is -1.12. The van der Waals surface area contributed by atoms with E-state index in [1.165, 1.54) is 4.90 Å². The van der Waals surface area contributed by atoms with Gasteiger partial charge in [-0.2, -0.15) is 0 Å². The first-order chi connectivity index (χ1) is 18.4. The molecule has 0 aromatic heterocycles. The van der Waals surface area contributed by atoms with Gasteiger partial charge in [0, 0.05) is 25.1 Å². The lowest BCUT2D eigenvalue weighted by atomic mass is 9.99. The number of hydrogen-bond acceptors (Lipinski definition) is 5. The first kappa shape index (κ1) is 33.5. The summed E-state index contributed by atoms with van der Waals surface area (Å²) >= 11 is 0. The number of nitrogens with zero attached hydrogens (tertiary/aromatic N) is 1. The van der Waals surface area contributed by atoms with E-state index in [0.717, 1.165) is 32.1 Å². The molecule has 0 aliphatic heterocycles. The highest BCUT2D eigenvalue weighted by molar-refractivity contribution is 5.92. The molecule has 2 unspecified atom stereocenters. The van der Waals surface area contributed by atoms with Gasteiger partial charge in [-0.05, 0) is 57.7 Å². The molecule has 9 nitrogen and oxygen atoms in total. The van der Waals surface area contributed by atoms with Gasteiger partial charge in [0.05, 0.1) is 0 Å². The van der Waals surface area contributed by atoms with Gasteiger partial charge < -0.3 is 26.0 Å². The Labute approximate surface area is 233 Å². The third-order valence-electron chi connectivity index (χ3n) is 5.99. The van der Waals surface area contributed by atoms with E-state index in [2.05, 4.69) is 23.5 Å². The van der Waals surface area contributed by atoms with Gasteiger partial charge in [-0.25, -0.2) is 4.79 Å². The third kappa shape index (κ3) is 12.7. The van der Waals surface area contributed by atoms with Crippen LogP contribution in [0.4, 0.5) is 4.79 Å². The molecule has 2 atom stereocenters. The van der Waals surface area contributed by atoms with Crippen molar-refractivity contribution in [3.63, 3.8) is 0 Å². The van der Waals surface area contributed by atoms with Gasteiger partial charge in [0.15, 0.2) is 0 Å². The van der Waals surface area contributed by atoms with Crippen LogP contribution >= 0.6 is 0 Å². The average Bonchev–Trinajstić information content (AvgIpc) is 2.87. The molecule has 1 rings (SSSR count). The molecule has 216 valence electrons. The number of amides is 4. The number of carbonyl (C=O) groups excluding carboxylic acids is 4. The van der Waals surface area contributed by atoms with Crippen molar-refractivity contribution in [3.05, 3.63) is 35.4 Å². The number of hydrogen-bond donors (Lipinski definition) is 3. The average molecular weight is 543 g/mol. The lowest BCUT2D eigenvalue weighted by molar-refractivity contribution is -0.142. The summed E-state index contributed by atoms with van der Waals surface area (Å²) in [5.74, 6) is 1.14. The van der Waals surface area contributed by atoms with E-state index in [4.69, 9.17) is 16.9 Å². The third-order valence-corrected chi connectivity index (χ3v) is 5.99. The van der Waals surface area contributed by atoms with Crippen molar-refractivity contribution in [1.82, 2.24) is 15.5 Å². The van der Waals surface area contributed by atoms with Crippen molar-refractivity contribution in [1.29, 1.82) is 0 Å². The number of benzene rings is 1. The standard InChI is InChI=1S/C30H46N4O5/c1-7-10-12-20-32-27(36)26(23-16-14-22(9-3)15-17-23)34(21-13-11-8-2)28(37)24(18-19-25(31)35)33-29(38)39-30(4,5)6/h3,14-17,24,26H,7-8,10-13,18-21H2,1-2,4-6H3,(H2,31,35)(H,32,36)(H,33,38). The maximum atomic E-state index is 14.1. The summed E-state index contributed by atoms with van der Waals surface area (Å²) in [5, 5.41) is 5.58.